The lowest BCUT2D eigenvalue weighted by Crippen LogP contribution is -2.61. The van der Waals surface area contributed by atoms with Crippen molar-refractivity contribution < 1.29 is 33.8 Å². The third-order valence-electron chi connectivity index (χ3n) is 7.79. The van der Waals surface area contributed by atoms with E-state index in [9.17, 15) is 29.1 Å². The summed E-state index contributed by atoms with van der Waals surface area (Å²) in [5.41, 5.74) is -0.740. The summed E-state index contributed by atoms with van der Waals surface area (Å²) >= 11 is 2.11. The van der Waals surface area contributed by atoms with E-state index in [1.807, 2.05) is 42.5 Å². The average Bonchev–Trinajstić information content (AvgIpc) is 3.33. The van der Waals surface area contributed by atoms with Gasteiger partial charge in [0.05, 0.1) is 0 Å². The topological polar surface area (TPSA) is 145 Å². The smallest absolute Gasteiger partial charge is 0.410 e. The number of nitrogens with one attached hydrogen (secondary N) is 2. The number of halogens is 1. The van der Waals surface area contributed by atoms with Crippen molar-refractivity contribution in [3.63, 3.8) is 0 Å². The highest BCUT2D eigenvalue weighted by Crippen LogP contribution is 2.30. The highest BCUT2D eigenvalue weighted by Gasteiger charge is 2.46. The quantitative estimate of drug-likeness (QED) is 0.259. The zero-order valence-corrected chi connectivity index (χ0v) is 29.4. The lowest BCUT2D eigenvalue weighted by molar-refractivity contribution is -0.146. The molecular weight excluding hydrogens is 691 g/mol. The van der Waals surface area contributed by atoms with Crippen molar-refractivity contribution in [3.05, 3.63) is 48.0 Å². The van der Waals surface area contributed by atoms with Gasteiger partial charge >= 0.3 is 12.1 Å². The number of fused-ring (bicyclic) bond motifs is 1. The maximum Gasteiger partial charge on any atom is 0.410 e. The minimum Gasteiger partial charge on any atom is -0.480 e. The number of carboxylic acids is 1. The molecule has 2 aromatic carbocycles. The number of hydrogen-bond acceptors (Lipinski definition) is 6. The average molecular weight is 737 g/mol. The first kappa shape index (κ1) is 36.1. The van der Waals surface area contributed by atoms with Crippen LogP contribution in [0.25, 0.3) is 10.8 Å². The Morgan fingerprint density at radius 2 is 1.64 bits per heavy atom. The summed E-state index contributed by atoms with van der Waals surface area (Å²) in [7, 11) is 1.45. The van der Waals surface area contributed by atoms with E-state index in [-0.39, 0.29) is 16.9 Å². The Morgan fingerprint density at radius 1 is 1.02 bits per heavy atom. The summed E-state index contributed by atoms with van der Waals surface area (Å²) in [6.45, 7) is 12.4. The number of hydrogen-bond donors (Lipinski definition) is 3. The summed E-state index contributed by atoms with van der Waals surface area (Å²) in [5, 5.41) is 17.5. The third-order valence-corrected chi connectivity index (χ3v) is 9.09. The van der Waals surface area contributed by atoms with Crippen LogP contribution in [0, 0.1) is 5.41 Å². The lowest BCUT2D eigenvalue weighted by Gasteiger charge is -2.37. The fourth-order valence-electron chi connectivity index (χ4n) is 5.11. The Kier molecular flexibility index (Phi) is 11.5. The van der Waals surface area contributed by atoms with E-state index in [1.54, 1.807) is 41.5 Å². The second-order valence-electron chi connectivity index (χ2n) is 13.6. The van der Waals surface area contributed by atoms with Crippen LogP contribution in [0.5, 0.6) is 0 Å². The maximum absolute atomic E-state index is 14.0. The number of rotatable bonds is 9. The molecule has 1 fully saturated rings. The van der Waals surface area contributed by atoms with Crippen LogP contribution in [-0.2, 0) is 30.3 Å². The molecule has 1 aliphatic rings. The Labute approximate surface area is 278 Å². The van der Waals surface area contributed by atoms with E-state index in [0.29, 0.717) is 6.42 Å². The standard InChI is InChI=1S/C33H45IN4O7/c1-19(37(8)31(44)45-33(5,6)7)27(39)36-26(32(2,3)4)29(41)38-16-15-23(34)25(38)28(40)35-24(30(42)43)18-20-13-14-21-11-9-10-12-22(21)17-20/h9-14,17,19,23-26H,15-16,18H2,1-8H3,(H,35,40)(H,36,39)(H,42,43)/t19-,23?,24-,25-,26+/m0/s1. The molecule has 0 aromatic heterocycles. The van der Waals surface area contributed by atoms with Crippen molar-refractivity contribution in [1.82, 2.24) is 20.4 Å². The number of likely N-dealkylation sites (tertiary alicyclic amines) is 1. The van der Waals surface area contributed by atoms with Gasteiger partial charge in [0, 0.05) is 23.9 Å². The second-order valence-corrected chi connectivity index (χ2v) is 15.2. The Morgan fingerprint density at radius 3 is 2.22 bits per heavy atom. The van der Waals surface area contributed by atoms with Crippen LogP contribution in [0.1, 0.15) is 60.5 Å². The van der Waals surface area contributed by atoms with Gasteiger partial charge in [-0.25, -0.2) is 9.59 Å². The molecular formula is C33H45IN4O7. The molecule has 1 saturated heterocycles. The van der Waals surface area contributed by atoms with Crippen molar-refractivity contribution in [2.24, 2.45) is 5.41 Å². The van der Waals surface area contributed by atoms with Crippen LogP contribution in [0.15, 0.2) is 42.5 Å². The van der Waals surface area contributed by atoms with Gasteiger partial charge in [0.15, 0.2) is 0 Å². The minimum atomic E-state index is -1.21. The SMILES string of the molecule is C[C@@H](C(=O)N[C@H](C(=O)N1CCC(I)[C@H]1C(=O)N[C@@H](Cc1ccc2ccccc2c1)C(=O)O)C(C)(C)C)N(C)C(=O)OC(C)(C)C. The Balaban J connectivity index is 1.77. The van der Waals surface area contributed by atoms with Gasteiger partial charge in [-0.3, -0.25) is 19.3 Å². The zero-order valence-electron chi connectivity index (χ0n) is 27.2. The van der Waals surface area contributed by atoms with Gasteiger partial charge in [0.2, 0.25) is 17.7 Å². The number of ether oxygens (including phenoxy) is 1. The number of carbonyl (C=O) groups excluding carboxylic acids is 4. The monoisotopic (exact) mass is 736 g/mol. The number of amides is 4. The second kappa shape index (κ2) is 14.3. The molecule has 0 aliphatic carbocycles. The highest BCUT2D eigenvalue weighted by atomic mass is 127. The van der Waals surface area contributed by atoms with Crippen LogP contribution in [-0.4, -0.2) is 92.0 Å². The minimum absolute atomic E-state index is 0.0716. The molecule has 5 atom stereocenters. The van der Waals surface area contributed by atoms with Crippen LogP contribution in [0.3, 0.4) is 0 Å². The largest absolute Gasteiger partial charge is 0.480 e. The Bertz CT molecular complexity index is 1430. The van der Waals surface area contributed by atoms with Crippen molar-refractivity contribution in [1.29, 1.82) is 0 Å². The molecule has 1 heterocycles. The molecule has 0 bridgehead atoms. The number of aliphatic carboxylic acids is 1. The number of nitrogens with zero attached hydrogens (tertiary/aromatic N) is 2. The van der Waals surface area contributed by atoms with E-state index >= 15 is 0 Å². The molecule has 1 aliphatic heterocycles. The van der Waals surface area contributed by atoms with Gasteiger partial charge in [-0.2, -0.15) is 0 Å². The molecule has 0 saturated carbocycles. The van der Waals surface area contributed by atoms with Crippen LogP contribution in [0.4, 0.5) is 4.79 Å². The van der Waals surface area contributed by atoms with Gasteiger partial charge in [0.1, 0.15) is 29.8 Å². The number of alkyl halides is 1. The third kappa shape index (κ3) is 9.30. The molecule has 45 heavy (non-hydrogen) atoms. The first-order valence-electron chi connectivity index (χ1n) is 15.0. The van der Waals surface area contributed by atoms with Gasteiger partial charge in [-0.15, -0.1) is 0 Å². The first-order chi connectivity index (χ1) is 20.8. The molecule has 0 radical (unpaired) electrons. The predicted octanol–water partition coefficient (Wildman–Crippen LogP) is 4.14. The molecule has 0 spiro atoms. The summed E-state index contributed by atoms with van der Waals surface area (Å²) < 4.78 is 5.11. The van der Waals surface area contributed by atoms with Crippen LogP contribution >= 0.6 is 22.6 Å². The van der Waals surface area contributed by atoms with Gasteiger partial charge < -0.3 is 25.4 Å². The summed E-state index contributed by atoms with van der Waals surface area (Å²) in [6, 6.07) is 9.29. The molecule has 2 aromatic rings. The molecule has 4 amide bonds. The lowest BCUT2D eigenvalue weighted by atomic mass is 9.85. The molecule has 12 heteroatoms. The highest BCUT2D eigenvalue weighted by molar-refractivity contribution is 14.1. The van der Waals surface area contributed by atoms with Gasteiger partial charge in [-0.05, 0) is 55.9 Å². The van der Waals surface area contributed by atoms with Crippen LogP contribution in [0.2, 0.25) is 0 Å². The van der Waals surface area contributed by atoms with E-state index in [1.165, 1.54) is 23.8 Å². The van der Waals surface area contributed by atoms with Crippen molar-refractivity contribution >= 4 is 63.1 Å². The van der Waals surface area contributed by atoms with Crippen LogP contribution < -0.4 is 10.6 Å². The summed E-state index contributed by atoms with van der Waals surface area (Å²) in [6.07, 6.45) is -0.0815. The predicted molar refractivity (Wildman–Crippen MR) is 180 cm³/mol. The number of benzene rings is 2. The van der Waals surface area contributed by atoms with E-state index in [2.05, 4.69) is 33.2 Å². The van der Waals surface area contributed by atoms with Crippen molar-refractivity contribution in [3.8, 4) is 0 Å². The first-order valence-corrected chi connectivity index (χ1v) is 16.3. The normalized spacial score (nSPS) is 18.9. The van der Waals surface area contributed by atoms with Gasteiger partial charge in [-0.1, -0.05) is 85.8 Å². The Hall–Kier alpha value is -3.42. The van der Waals surface area contributed by atoms with Crippen molar-refractivity contribution in [2.75, 3.05) is 13.6 Å². The fraction of sp³-hybridized carbons (Fsp3) is 0.545. The van der Waals surface area contributed by atoms with Gasteiger partial charge in [0.25, 0.3) is 0 Å². The zero-order chi connectivity index (χ0) is 33.9. The van der Waals surface area contributed by atoms with E-state index < -0.39 is 65.0 Å². The summed E-state index contributed by atoms with van der Waals surface area (Å²) in [4.78, 5) is 68.4. The molecule has 3 N–H and O–H groups in total. The molecule has 3 rings (SSSR count). The fourth-order valence-corrected chi connectivity index (χ4v) is 6.10. The van der Waals surface area contributed by atoms with E-state index in [4.69, 9.17) is 4.74 Å². The molecule has 11 nitrogen and oxygen atoms in total. The number of carboxylic acid groups (broad SMARTS) is 1. The summed E-state index contributed by atoms with van der Waals surface area (Å²) in [5.74, 6) is -2.75. The molecule has 1 unspecified atom stereocenters. The number of likely N-dealkylation sites (N-methyl/N-ethyl adjacent to an activating group) is 1. The van der Waals surface area contributed by atoms with Crippen molar-refractivity contribution in [2.45, 2.75) is 95.0 Å². The van der Waals surface area contributed by atoms with E-state index in [0.717, 1.165) is 16.3 Å². The molecule has 246 valence electrons. The number of carbonyl (C=O) groups is 5. The maximum atomic E-state index is 14.0.